The normalized spacial score (nSPS) is 13.0. The number of hydrogen-bond acceptors (Lipinski definition) is 3. The predicted molar refractivity (Wildman–Crippen MR) is 25.2 cm³/mol. The second kappa shape index (κ2) is 2.52. The van der Waals surface area contributed by atoms with Gasteiger partial charge in [0.15, 0.2) is 0 Å². The summed E-state index contributed by atoms with van der Waals surface area (Å²) in [5, 5.41) is 11.8. The molecule has 0 aliphatic rings. The zero-order valence-corrected chi connectivity index (χ0v) is 4.33. The van der Waals surface area contributed by atoms with Crippen LogP contribution in [-0.4, -0.2) is 23.4 Å². The molecule has 0 aromatic carbocycles. The Balaban J connectivity index is 3.33. The average molecular weight is 104 g/mol. The van der Waals surface area contributed by atoms with E-state index in [2.05, 4.69) is 5.29 Å². The molecule has 1 unspecified atom stereocenters. The fourth-order valence-electron chi connectivity index (χ4n) is 0.0682. The van der Waals surface area contributed by atoms with Gasteiger partial charge in [0.2, 0.25) is 0 Å². The van der Waals surface area contributed by atoms with E-state index < -0.39 is 6.23 Å². The molecule has 0 rings (SSSR count). The van der Waals surface area contributed by atoms with Gasteiger partial charge in [-0.25, -0.2) is 5.01 Å². The molecule has 4 heteroatoms. The van der Waals surface area contributed by atoms with Crippen molar-refractivity contribution < 1.29 is 5.11 Å². The summed E-state index contributed by atoms with van der Waals surface area (Å²) >= 11 is 0. The van der Waals surface area contributed by atoms with Crippen LogP contribution in [0.5, 0.6) is 0 Å². The molecule has 7 heavy (non-hydrogen) atoms. The monoisotopic (exact) mass is 104 g/mol. The SMILES string of the molecule is CC(O)N(C)N=O. The minimum Gasteiger partial charge on any atom is -0.372 e. The van der Waals surface area contributed by atoms with Crippen molar-refractivity contribution in [3.05, 3.63) is 4.91 Å². The maximum atomic E-state index is 9.46. The van der Waals surface area contributed by atoms with Crippen LogP contribution in [0.25, 0.3) is 0 Å². The zero-order chi connectivity index (χ0) is 5.86. The van der Waals surface area contributed by atoms with Crippen molar-refractivity contribution in [1.82, 2.24) is 5.01 Å². The van der Waals surface area contributed by atoms with Crippen LogP contribution >= 0.6 is 0 Å². The molecule has 4 nitrogen and oxygen atoms in total. The van der Waals surface area contributed by atoms with Gasteiger partial charge in [0.25, 0.3) is 0 Å². The largest absolute Gasteiger partial charge is 0.372 e. The molecule has 0 amide bonds. The lowest BCUT2D eigenvalue weighted by molar-refractivity contribution is 0.0391. The predicted octanol–water partition coefficient (Wildman–Crippen LogP) is -0.0621. The van der Waals surface area contributed by atoms with Crippen LogP contribution in [0.4, 0.5) is 0 Å². The Hall–Kier alpha value is -0.640. The first-order valence-corrected chi connectivity index (χ1v) is 1.92. The Labute approximate surface area is 41.7 Å². The molecule has 0 aliphatic heterocycles. The quantitative estimate of drug-likeness (QED) is 0.303. The molecule has 0 saturated carbocycles. The molecule has 1 atom stereocenters. The van der Waals surface area contributed by atoms with Crippen LogP contribution in [0, 0.1) is 4.91 Å². The number of nitrogens with zero attached hydrogens (tertiary/aromatic N) is 2. The van der Waals surface area contributed by atoms with Crippen LogP contribution < -0.4 is 0 Å². The second-order valence-electron chi connectivity index (χ2n) is 1.29. The van der Waals surface area contributed by atoms with Crippen molar-refractivity contribution >= 4 is 0 Å². The summed E-state index contributed by atoms with van der Waals surface area (Å²) in [5.74, 6) is 0. The van der Waals surface area contributed by atoms with Crippen molar-refractivity contribution in [2.24, 2.45) is 5.29 Å². The Morgan fingerprint density at radius 1 is 1.86 bits per heavy atom. The third-order valence-electron chi connectivity index (χ3n) is 0.670. The highest BCUT2D eigenvalue weighted by molar-refractivity contribution is 4.37. The lowest BCUT2D eigenvalue weighted by Gasteiger charge is -2.09. The molecular formula is C3H8N2O2. The van der Waals surface area contributed by atoms with Gasteiger partial charge in [-0.2, -0.15) is 0 Å². The minimum absolute atomic E-state index is 0.780. The fourth-order valence-corrected chi connectivity index (χ4v) is 0.0682. The maximum absolute atomic E-state index is 9.46. The van der Waals surface area contributed by atoms with Gasteiger partial charge in [-0.15, -0.1) is 4.91 Å². The van der Waals surface area contributed by atoms with E-state index in [0.717, 1.165) is 5.01 Å². The van der Waals surface area contributed by atoms with Gasteiger partial charge >= 0.3 is 0 Å². The molecule has 0 fully saturated rings. The lowest BCUT2D eigenvalue weighted by Crippen LogP contribution is -2.21. The van der Waals surface area contributed by atoms with Crippen LogP contribution in [0.15, 0.2) is 5.29 Å². The number of aliphatic hydroxyl groups excluding tert-OH is 1. The maximum Gasteiger partial charge on any atom is 0.142 e. The molecule has 42 valence electrons. The van der Waals surface area contributed by atoms with Crippen LogP contribution in [-0.2, 0) is 0 Å². The van der Waals surface area contributed by atoms with E-state index >= 15 is 0 Å². The first-order valence-electron chi connectivity index (χ1n) is 1.92. The first kappa shape index (κ1) is 6.36. The molecule has 0 aromatic rings. The van der Waals surface area contributed by atoms with Gasteiger partial charge in [-0.1, -0.05) is 0 Å². The molecule has 0 aromatic heterocycles. The van der Waals surface area contributed by atoms with Crippen molar-refractivity contribution in [2.75, 3.05) is 7.05 Å². The smallest absolute Gasteiger partial charge is 0.142 e. The Morgan fingerprint density at radius 2 is 2.29 bits per heavy atom. The van der Waals surface area contributed by atoms with E-state index in [1.165, 1.54) is 14.0 Å². The fraction of sp³-hybridized carbons (Fsp3) is 1.00. The lowest BCUT2D eigenvalue weighted by atomic mass is 10.7. The molecule has 0 spiro atoms. The van der Waals surface area contributed by atoms with E-state index in [4.69, 9.17) is 5.11 Å². The van der Waals surface area contributed by atoms with Gasteiger partial charge in [0, 0.05) is 7.05 Å². The van der Waals surface area contributed by atoms with Gasteiger partial charge < -0.3 is 5.11 Å². The highest BCUT2D eigenvalue weighted by Gasteiger charge is 1.98. The van der Waals surface area contributed by atoms with E-state index in [0.29, 0.717) is 0 Å². The standard InChI is InChI=1S/C3H8N2O2/c1-3(6)5(2)4-7/h3,6H,1-2H3. The summed E-state index contributed by atoms with van der Waals surface area (Å²) < 4.78 is 0. The number of rotatable bonds is 2. The second-order valence-corrected chi connectivity index (χ2v) is 1.29. The first-order chi connectivity index (χ1) is 3.18. The van der Waals surface area contributed by atoms with E-state index in [9.17, 15) is 4.91 Å². The molecule has 1 N–H and O–H groups in total. The van der Waals surface area contributed by atoms with Gasteiger partial charge in [-0.05, 0) is 6.92 Å². The van der Waals surface area contributed by atoms with E-state index in [1.54, 1.807) is 0 Å². The van der Waals surface area contributed by atoms with Gasteiger partial charge in [0.1, 0.15) is 6.23 Å². The van der Waals surface area contributed by atoms with E-state index in [1.807, 2.05) is 0 Å². The Kier molecular flexibility index (Phi) is 2.29. The number of nitroso groups, excluding NO2 is 1. The number of hydrogen-bond donors (Lipinski definition) is 1. The highest BCUT2D eigenvalue weighted by Crippen LogP contribution is 1.86. The Bertz CT molecular complexity index is 64.0. The summed E-state index contributed by atoms with van der Waals surface area (Å²) in [6, 6.07) is 0. The molecule has 0 saturated heterocycles. The van der Waals surface area contributed by atoms with Crippen LogP contribution in [0.1, 0.15) is 6.92 Å². The zero-order valence-electron chi connectivity index (χ0n) is 4.33. The molecular weight excluding hydrogens is 96.0 g/mol. The topological polar surface area (TPSA) is 52.9 Å². The molecule has 0 aliphatic carbocycles. The van der Waals surface area contributed by atoms with Crippen LogP contribution in [0.2, 0.25) is 0 Å². The van der Waals surface area contributed by atoms with Crippen molar-refractivity contribution in [3.8, 4) is 0 Å². The molecule has 0 heterocycles. The summed E-state index contributed by atoms with van der Waals surface area (Å²) in [6.07, 6.45) is -0.780. The third kappa shape index (κ3) is 2.11. The van der Waals surface area contributed by atoms with E-state index in [-0.39, 0.29) is 0 Å². The Morgan fingerprint density at radius 3 is 2.29 bits per heavy atom. The summed E-state index contributed by atoms with van der Waals surface area (Å²) in [5.41, 5.74) is 0. The third-order valence-corrected chi connectivity index (χ3v) is 0.670. The van der Waals surface area contributed by atoms with Crippen molar-refractivity contribution in [2.45, 2.75) is 13.2 Å². The number of aliphatic hydroxyl groups is 1. The average Bonchev–Trinajstić information content (AvgIpc) is 1.65. The highest BCUT2D eigenvalue weighted by atomic mass is 16.3. The van der Waals surface area contributed by atoms with Crippen molar-refractivity contribution in [1.29, 1.82) is 0 Å². The molecule has 0 bridgehead atoms. The van der Waals surface area contributed by atoms with Gasteiger partial charge in [-0.3, -0.25) is 0 Å². The van der Waals surface area contributed by atoms with Crippen LogP contribution in [0.3, 0.4) is 0 Å². The summed E-state index contributed by atoms with van der Waals surface area (Å²) in [4.78, 5) is 9.46. The minimum atomic E-state index is -0.780. The van der Waals surface area contributed by atoms with Gasteiger partial charge in [0.05, 0.1) is 5.29 Å². The summed E-state index contributed by atoms with van der Waals surface area (Å²) in [6.45, 7) is 1.46. The summed E-state index contributed by atoms with van der Waals surface area (Å²) in [7, 11) is 1.40. The van der Waals surface area contributed by atoms with Crippen molar-refractivity contribution in [3.63, 3.8) is 0 Å². The molecule has 0 radical (unpaired) electrons.